The number of thioether (sulfide) groups is 1. The maximum atomic E-state index is 12.6. The molecule has 0 aromatic heterocycles. The van der Waals surface area contributed by atoms with Crippen molar-refractivity contribution in [3.8, 4) is 5.75 Å². The van der Waals surface area contributed by atoms with Gasteiger partial charge in [-0.25, -0.2) is 4.79 Å². The number of carbonyl (C=O) groups excluding carboxylic acids is 3. The Kier molecular flexibility index (Phi) is 5.58. The smallest absolute Gasteiger partial charge is 0.335 e. The quantitative estimate of drug-likeness (QED) is 0.662. The molecule has 0 aliphatic carbocycles. The molecule has 2 aromatic carbocycles. The number of nitrogens with zero attached hydrogens (tertiary/aromatic N) is 1. The molecule has 0 radical (unpaired) electrons. The Bertz CT molecular complexity index is 808. The molecule has 2 amide bonds. The second-order valence-electron chi connectivity index (χ2n) is 5.78. The lowest BCUT2D eigenvalue weighted by atomic mass is 10.2. The molecule has 0 unspecified atom stereocenters. The van der Waals surface area contributed by atoms with Crippen molar-refractivity contribution in [3.63, 3.8) is 0 Å². The summed E-state index contributed by atoms with van der Waals surface area (Å²) in [4.78, 5) is 37.7. The van der Waals surface area contributed by atoms with E-state index >= 15 is 0 Å². The van der Waals surface area contributed by atoms with E-state index in [0.29, 0.717) is 28.6 Å². The lowest BCUT2D eigenvalue weighted by Crippen LogP contribution is -2.43. The molecule has 1 saturated heterocycles. The summed E-state index contributed by atoms with van der Waals surface area (Å²) in [6.07, 6.45) is 0. The van der Waals surface area contributed by atoms with Crippen LogP contribution in [0.25, 0.3) is 0 Å². The molecule has 6 nitrogen and oxygen atoms in total. The van der Waals surface area contributed by atoms with Gasteiger partial charge in [-0.3, -0.25) is 9.59 Å². The van der Waals surface area contributed by atoms with Crippen LogP contribution < -0.4 is 10.1 Å². The van der Waals surface area contributed by atoms with Crippen LogP contribution in [0.1, 0.15) is 17.3 Å². The van der Waals surface area contributed by atoms with Gasteiger partial charge in [-0.2, -0.15) is 0 Å². The molecule has 0 saturated carbocycles. The molecular weight excluding hydrogens is 352 g/mol. The molecule has 26 heavy (non-hydrogen) atoms. The molecule has 0 spiro atoms. The first-order valence-electron chi connectivity index (χ1n) is 8.07. The monoisotopic (exact) mass is 370 g/mol. The topological polar surface area (TPSA) is 75.7 Å². The number of carbonyl (C=O) groups is 3. The molecule has 134 valence electrons. The van der Waals surface area contributed by atoms with E-state index in [4.69, 9.17) is 4.74 Å². The maximum Gasteiger partial charge on any atom is 0.335 e. The Morgan fingerprint density at radius 3 is 2.42 bits per heavy atom. The number of rotatable bonds is 4. The van der Waals surface area contributed by atoms with Gasteiger partial charge in [0.15, 0.2) is 0 Å². The van der Waals surface area contributed by atoms with Crippen molar-refractivity contribution in [2.24, 2.45) is 0 Å². The van der Waals surface area contributed by atoms with Gasteiger partial charge < -0.3 is 15.0 Å². The van der Waals surface area contributed by atoms with E-state index in [2.05, 4.69) is 5.32 Å². The Hall–Kier alpha value is -2.80. The highest BCUT2D eigenvalue weighted by atomic mass is 32.2. The molecule has 7 heteroatoms. The number of amides is 2. The van der Waals surface area contributed by atoms with Crippen LogP contribution in [0, 0.1) is 0 Å². The number of hydrogen-bond donors (Lipinski definition) is 1. The average Bonchev–Trinajstić information content (AvgIpc) is 3.13. The van der Waals surface area contributed by atoms with Crippen molar-refractivity contribution in [3.05, 3.63) is 60.2 Å². The number of esters is 1. The van der Waals surface area contributed by atoms with E-state index in [-0.39, 0.29) is 11.8 Å². The number of nitrogens with one attached hydrogen (secondary N) is 1. The molecule has 1 atom stereocenters. The molecule has 2 aromatic rings. The van der Waals surface area contributed by atoms with Crippen molar-refractivity contribution >= 4 is 35.2 Å². The van der Waals surface area contributed by atoms with Crippen molar-refractivity contribution in [2.75, 3.05) is 16.9 Å². The number of hydrogen-bond acceptors (Lipinski definition) is 5. The van der Waals surface area contributed by atoms with Crippen molar-refractivity contribution in [1.82, 2.24) is 4.90 Å². The first-order chi connectivity index (χ1) is 12.5. The Balaban J connectivity index is 1.67. The fraction of sp³-hybridized carbons (Fsp3) is 0.211. The molecular formula is C19H18N2O4S. The Morgan fingerprint density at radius 1 is 1.08 bits per heavy atom. The second-order valence-corrected chi connectivity index (χ2v) is 6.78. The summed E-state index contributed by atoms with van der Waals surface area (Å²) in [6.45, 7) is 1.42. The van der Waals surface area contributed by atoms with Crippen LogP contribution in [0.15, 0.2) is 54.6 Å². The fourth-order valence-corrected chi connectivity index (χ4v) is 3.72. The normalized spacial score (nSPS) is 16.2. The van der Waals surface area contributed by atoms with Crippen molar-refractivity contribution < 1.29 is 19.1 Å². The van der Waals surface area contributed by atoms with Crippen LogP contribution in [0.2, 0.25) is 0 Å². The minimum atomic E-state index is -0.622. The van der Waals surface area contributed by atoms with Gasteiger partial charge in [-0.1, -0.05) is 18.2 Å². The molecule has 0 bridgehead atoms. The largest absolute Gasteiger partial charge is 0.425 e. The average molecular weight is 370 g/mol. The van der Waals surface area contributed by atoms with Gasteiger partial charge in [0, 0.05) is 23.9 Å². The fourth-order valence-electron chi connectivity index (χ4n) is 2.58. The van der Waals surface area contributed by atoms with E-state index in [1.807, 2.05) is 6.07 Å². The molecule has 1 aliphatic rings. The van der Waals surface area contributed by atoms with Crippen molar-refractivity contribution in [1.29, 1.82) is 0 Å². The lowest BCUT2D eigenvalue weighted by Gasteiger charge is -2.22. The van der Waals surface area contributed by atoms with Gasteiger partial charge in [0.05, 0.1) is 5.88 Å². The van der Waals surface area contributed by atoms with Crippen LogP contribution in [0.3, 0.4) is 0 Å². The van der Waals surface area contributed by atoms with Crippen LogP contribution in [-0.4, -0.2) is 40.4 Å². The third kappa shape index (κ3) is 4.23. The van der Waals surface area contributed by atoms with Crippen LogP contribution >= 0.6 is 11.8 Å². The number of anilines is 1. The van der Waals surface area contributed by atoms with Gasteiger partial charge in [-0.05, 0) is 36.4 Å². The maximum absolute atomic E-state index is 12.6. The van der Waals surface area contributed by atoms with Gasteiger partial charge in [0.25, 0.3) is 5.91 Å². The summed E-state index contributed by atoms with van der Waals surface area (Å²) >= 11 is 1.52. The zero-order valence-electron chi connectivity index (χ0n) is 14.2. The summed E-state index contributed by atoms with van der Waals surface area (Å²) in [5.74, 6) is 0.502. The third-order valence-electron chi connectivity index (χ3n) is 3.83. The second kappa shape index (κ2) is 8.05. The van der Waals surface area contributed by atoms with E-state index in [1.54, 1.807) is 48.5 Å². The molecule has 3 rings (SSSR count). The molecule has 1 fully saturated rings. The summed E-state index contributed by atoms with van der Waals surface area (Å²) in [5.41, 5.74) is 1.17. The number of benzene rings is 2. The highest BCUT2D eigenvalue weighted by molar-refractivity contribution is 7.99. The summed E-state index contributed by atoms with van der Waals surface area (Å²) in [6, 6.07) is 14.8. The third-order valence-corrected chi connectivity index (χ3v) is 4.84. The van der Waals surface area contributed by atoms with Crippen LogP contribution in [0.4, 0.5) is 5.69 Å². The zero-order valence-corrected chi connectivity index (χ0v) is 15.0. The van der Waals surface area contributed by atoms with Crippen molar-refractivity contribution in [2.45, 2.75) is 13.0 Å². The Morgan fingerprint density at radius 2 is 1.77 bits per heavy atom. The van der Waals surface area contributed by atoms with E-state index in [0.717, 1.165) is 0 Å². The minimum Gasteiger partial charge on any atom is -0.425 e. The highest BCUT2D eigenvalue weighted by Crippen LogP contribution is 2.25. The first kappa shape index (κ1) is 18.0. The first-order valence-corrected chi connectivity index (χ1v) is 9.23. The Labute approximate surface area is 155 Å². The SMILES string of the molecule is CC(=O)Nc1ccc(OC(=O)[C@@H]2CSCN2C(=O)c2ccccc2)cc1. The standard InChI is InChI=1S/C19H18N2O4S/c1-13(22)20-15-7-9-16(10-8-15)25-19(24)17-11-26-12-21(17)18(23)14-5-3-2-4-6-14/h2-10,17H,11-12H2,1H3,(H,20,22)/t17-/m0/s1. The molecule has 1 heterocycles. The van der Waals surface area contributed by atoms with Gasteiger partial charge in [0.2, 0.25) is 5.91 Å². The molecule has 1 aliphatic heterocycles. The van der Waals surface area contributed by atoms with Crippen LogP contribution in [0.5, 0.6) is 5.75 Å². The highest BCUT2D eigenvalue weighted by Gasteiger charge is 2.36. The summed E-state index contributed by atoms with van der Waals surface area (Å²) in [5, 5.41) is 2.64. The predicted octanol–water partition coefficient (Wildman–Crippen LogP) is 2.77. The van der Waals surface area contributed by atoms with Gasteiger partial charge in [-0.15, -0.1) is 11.8 Å². The van der Waals surface area contributed by atoms with Gasteiger partial charge >= 0.3 is 5.97 Å². The van der Waals surface area contributed by atoms with E-state index < -0.39 is 12.0 Å². The van der Waals surface area contributed by atoms with Crippen LogP contribution in [-0.2, 0) is 9.59 Å². The number of ether oxygens (including phenoxy) is 1. The lowest BCUT2D eigenvalue weighted by molar-refractivity contribution is -0.138. The minimum absolute atomic E-state index is 0.173. The summed E-state index contributed by atoms with van der Waals surface area (Å²) in [7, 11) is 0. The van der Waals surface area contributed by atoms with Gasteiger partial charge in [0.1, 0.15) is 11.8 Å². The van der Waals surface area contributed by atoms with E-state index in [9.17, 15) is 14.4 Å². The molecule has 1 N–H and O–H groups in total. The summed E-state index contributed by atoms with van der Waals surface area (Å²) < 4.78 is 5.42. The van der Waals surface area contributed by atoms with E-state index in [1.165, 1.54) is 23.6 Å². The zero-order chi connectivity index (χ0) is 18.5. The predicted molar refractivity (Wildman–Crippen MR) is 100 cm³/mol.